The third-order valence-electron chi connectivity index (χ3n) is 1.31. The van der Waals surface area contributed by atoms with E-state index in [1.165, 1.54) is 0 Å². The summed E-state index contributed by atoms with van der Waals surface area (Å²) >= 11 is 0. The van der Waals surface area contributed by atoms with Crippen LogP contribution in [0.3, 0.4) is 0 Å². The fourth-order valence-corrected chi connectivity index (χ4v) is 0.499. The van der Waals surface area contributed by atoms with E-state index >= 15 is 0 Å². The Morgan fingerprint density at radius 1 is 1.42 bits per heavy atom. The second-order valence-corrected chi connectivity index (χ2v) is 3.27. The molecule has 12 heavy (non-hydrogen) atoms. The minimum atomic E-state index is -0.588. The van der Waals surface area contributed by atoms with E-state index in [1.807, 2.05) is 6.92 Å². The van der Waals surface area contributed by atoms with Crippen molar-refractivity contribution in [2.75, 3.05) is 6.54 Å². The van der Waals surface area contributed by atoms with Gasteiger partial charge in [0.15, 0.2) is 0 Å². The van der Waals surface area contributed by atoms with Crippen molar-refractivity contribution in [2.45, 2.75) is 26.3 Å². The van der Waals surface area contributed by atoms with Gasteiger partial charge >= 0.3 is 0 Å². The van der Waals surface area contributed by atoms with E-state index in [0.29, 0.717) is 6.54 Å². The molecule has 0 saturated heterocycles. The summed E-state index contributed by atoms with van der Waals surface area (Å²) in [7, 11) is 0. The van der Waals surface area contributed by atoms with Crippen molar-refractivity contribution in [3.8, 4) is 12.1 Å². The van der Waals surface area contributed by atoms with Crippen LogP contribution < -0.4 is 10.9 Å². The molecule has 0 aliphatic carbocycles. The van der Waals surface area contributed by atoms with Crippen LogP contribution in [-0.4, -0.2) is 12.1 Å². The molecule has 0 saturated carbocycles. The van der Waals surface area contributed by atoms with Crippen molar-refractivity contribution >= 4 is 0 Å². The third kappa shape index (κ3) is 4.68. The molecule has 4 nitrogen and oxygen atoms in total. The van der Waals surface area contributed by atoms with Crippen LogP contribution in [0.4, 0.5) is 0 Å². The quantitative estimate of drug-likeness (QED) is 0.598. The molecule has 4 heteroatoms. The Morgan fingerprint density at radius 3 is 2.42 bits per heavy atom. The van der Waals surface area contributed by atoms with Crippen molar-refractivity contribution in [1.29, 1.82) is 10.5 Å². The van der Waals surface area contributed by atoms with Crippen LogP contribution in [0.5, 0.6) is 0 Å². The fraction of sp³-hybridized carbons (Fsp3) is 0.750. The molecule has 2 N–H and O–H groups in total. The molecule has 0 amide bonds. The molecular formula is C8H14N4. The zero-order valence-electron chi connectivity index (χ0n) is 7.68. The van der Waals surface area contributed by atoms with E-state index in [9.17, 15) is 0 Å². The van der Waals surface area contributed by atoms with E-state index < -0.39 is 5.54 Å². The number of hydrogen-bond acceptors (Lipinski definition) is 4. The highest BCUT2D eigenvalue weighted by Crippen LogP contribution is 1.96. The Bertz CT molecular complexity index is 208. The third-order valence-corrected chi connectivity index (χ3v) is 1.31. The highest BCUT2D eigenvalue weighted by Gasteiger charge is 2.14. The number of nitriles is 2. The summed E-state index contributed by atoms with van der Waals surface area (Å²) in [6.07, 6.45) is 0. The molecule has 0 heterocycles. The summed E-state index contributed by atoms with van der Waals surface area (Å²) < 4.78 is 0. The number of nitrogens with zero attached hydrogens (tertiary/aromatic N) is 2. The molecule has 0 radical (unpaired) electrons. The predicted octanol–water partition coefficient (Wildman–Crippen LogP) is 0.542. The number of hydrogen-bond donors (Lipinski definition) is 2. The molecule has 0 spiro atoms. The van der Waals surface area contributed by atoms with Gasteiger partial charge in [-0.25, -0.2) is 5.43 Å². The maximum Gasteiger partial charge on any atom is 0.113 e. The molecule has 0 aromatic carbocycles. The van der Waals surface area contributed by atoms with Gasteiger partial charge < -0.3 is 0 Å². The van der Waals surface area contributed by atoms with Gasteiger partial charge in [0.2, 0.25) is 0 Å². The first-order valence-corrected chi connectivity index (χ1v) is 3.83. The van der Waals surface area contributed by atoms with E-state index in [2.05, 4.69) is 23.0 Å². The van der Waals surface area contributed by atoms with E-state index in [-0.39, 0.29) is 5.92 Å². The standard InChI is InChI=1S/C8H14N4/c1-7(4-9)5-11-12-8(2,3)6-10/h7,11-12H,5H2,1-3H3. The summed E-state index contributed by atoms with van der Waals surface area (Å²) in [5.74, 6) is -0.0491. The molecule has 1 atom stereocenters. The molecule has 0 fully saturated rings. The van der Waals surface area contributed by atoms with Gasteiger partial charge in [-0.05, 0) is 20.8 Å². The van der Waals surface area contributed by atoms with Crippen molar-refractivity contribution in [2.24, 2.45) is 5.92 Å². The van der Waals surface area contributed by atoms with Crippen molar-refractivity contribution in [1.82, 2.24) is 10.9 Å². The minimum Gasteiger partial charge on any atom is -0.255 e. The van der Waals surface area contributed by atoms with Crippen molar-refractivity contribution in [3.05, 3.63) is 0 Å². The number of nitrogens with one attached hydrogen (secondary N) is 2. The smallest absolute Gasteiger partial charge is 0.113 e. The Balaban J connectivity index is 3.60. The SMILES string of the molecule is CC(C#N)CNNC(C)(C)C#N. The predicted molar refractivity (Wildman–Crippen MR) is 45.6 cm³/mol. The van der Waals surface area contributed by atoms with E-state index in [1.54, 1.807) is 13.8 Å². The summed E-state index contributed by atoms with van der Waals surface area (Å²) in [6, 6.07) is 4.16. The molecule has 0 aromatic heterocycles. The fourth-order valence-electron chi connectivity index (χ4n) is 0.499. The van der Waals surface area contributed by atoms with Gasteiger partial charge in [-0.1, -0.05) is 0 Å². The monoisotopic (exact) mass is 166 g/mol. The normalized spacial score (nSPS) is 13.1. The maximum absolute atomic E-state index is 8.60. The summed E-state index contributed by atoms with van der Waals surface area (Å²) in [4.78, 5) is 0. The topological polar surface area (TPSA) is 71.6 Å². The highest BCUT2D eigenvalue weighted by atomic mass is 15.4. The molecule has 0 aliphatic heterocycles. The summed E-state index contributed by atoms with van der Waals surface area (Å²) in [5.41, 5.74) is 5.06. The maximum atomic E-state index is 8.60. The molecule has 0 aliphatic rings. The second-order valence-electron chi connectivity index (χ2n) is 3.27. The Labute approximate surface area is 73.1 Å². The zero-order chi connectivity index (χ0) is 9.61. The lowest BCUT2D eigenvalue weighted by atomic mass is 10.1. The largest absolute Gasteiger partial charge is 0.255 e. The first-order valence-electron chi connectivity index (χ1n) is 3.83. The highest BCUT2D eigenvalue weighted by molar-refractivity contribution is 4.98. The van der Waals surface area contributed by atoms with Crippen LogP contribution in [-0.2, 0) is 0 Å². The Morgan fingerprint density at radius 2 is 2.00 bits per heavy atom. The lowest BCUT2D eigenvalue weighted by Gasteiger charge is -2.18. The Hall–Kier alpha value is -1.10. The van der Waals surface area contributed by atoms with Crippen molar-refractivity contribution < 1.29 is 0 Å². The van der Waals surface area contributed by atoms with Gasteiger partial charge in [0.05, 0.1) is 18.1 Å². The molecule has 1 unspecified atom stereocenters. The van der Waals surface area contributed by atoms with Crippen LogP contribution in [0, 0.1) is 28.6 Å². The molecule has 0 bridgehead atoms. The summed E-state index contributed by atoms with van der Waals surface area (Å²) in [6.45, 7) is 5.88. The van der Waals surface area contributed by atoms with Crippen LogP contribution in [0.1, 0.15) is 20.8 Å². The van der Waals surface area contributed by atoms with Crippen LogP contribution >= 0.6 is 0 Å². The van der Waals surface area contributed by atoms with Gasteiger partial charge in [-0.3, -0.25) is 5.43 Å². The van der Waals surface area contributed by atoms with Gasteiger partial charge in [-0.15, -0.1) is 0 Å². The van der Waals surface area contributed by atoms with E-state index in [4.69, 9.17) is 10.5 Å². The lowest BCUT2D eigenvalue weighted by Crippen LogP contribution is -2.48. The van der Waals surface area contributed by atoms with Gasteiger partial charge in [0.1, 0.15) is 5.54 Å². The van der Waals surface area contributed by atoms with Gasteiger partial charge in [-0.2, -0.15) is 10.5 Å². The van der Waals surface area contributed by atoms with Crippen molar-refractivity contribution in [3.63, 3.8) is 0 Å². The molecular weight excluding hydrogens is 152 g/mol. The lowest BCUT2D eigenvalue weighted by molar-refractivity contribution is 0.389. The summed E-state index contributed by atoms with van der Waals surface area (Å²) in [5, 5.41) is 17.0. The minimum absolute atomic E-state index is 0.0491. The number of rotatable bonds is 4. The zero-order valence-corrected chi connectivity index (χ0v) is 7.68. The number of hydrazine groups is 1. The van der Waals surface area contributed by atoms with Gasteiger partial charge in [0.25, 0.3) is 0 Å². The van der Waals surface area contributed by atoms with Crippen LogP contribution in [0.2, 0.25) is 0 Å². The average molecular weight is 166 g/mol. The molecule has 0 rings (SSSR count). The van der Waals surface area contributed by atoms with E-state index in [0.717, 1.165) is 0 Å². The second kappa shape index (κ2) is 4.71. The average Bonchev–Trinajstić information content (AvgIpc) is 2.04. The molecule has 66 valence electrons. The van der Waals surface area contributed by atoms with Crippen LogP contribution in [0.15, 0.2) is 0 Å². The first-order chi connectivity index (χ1) is 5.52. The van der Waals surface area contributed by atoms with Gasteiger partial charge in [0, 0.05) is 6.54 Å². The first kappa shape index (κ1) is 10.9. The van der Waals surface area contributed by atoms with Crippen LogP contribution in [0.25, 0.3) is 0 Å². The molecule has 0 aromatic rings. The Kier molecular flexibility index (Phi) is 4.28.